The van der Waals surface area contributed by atoms with Crippen LogP contribution in [0.25, 0.3) is 0 Å². The predicted octanol–water partition coefficient (Wildman–Crippen LogP) is 0.295. The molecule has 0 aliphatic carbocycles. The number of carbonyl (C=O) groups is 2. The van der Waals surface area contributed by atoms with E-state index < -0.39 is 12.0 Å². The molecule has 0 saturated carbocycles. The molecule has 7 heteroatoms. The first-order chi connectivity index (χ1) is 8.95. The molecular weight excluding hydrogens is 252 g/mol. The number of methoxy groups -OCH3 is 1. The van der Waals surface area contributed by atoms with Gasteiger partial charge in [0, 0.05) is 26.7 Å². The van der Waals surface area contributed by atoms with Crippen LogP contribution in [0.4, 0.5) is 4.79 Å². The molecule has 1 heterocycles. The SMILES string of the molecule is COCCC(NC(=O)N1CC(C)OCC1C)C(=O)O. The molecule has 2 amide bonds. The van der Waals surface area contributed by atoms with Gasteiger partial charge in [0.1, 0.15) is 6.04 Å². The molecule has 0 bridgehead atoms. The van der Waals surface area contributed by atoms with Crippen LogP contribution < -0.4 is 5.32 Å². The molecule has 7 nitrogen and oxygen atoms in total. The van der Waals surface area contributed by atoms with E-state index in [0.29, 0.717) is 13.2 Å². The third-order valence-electron chi connectivity index (χ3n) is 3.08. The highest BCUT2D eigenvalue weighted by Gasteiger charge is 2.30. The van der Waals surface area contributed by atoms with Gasteiger partial charge in [0.15, 0.2) is 0 Å². The van der Waals surface area contributed by atoms with E-state index in [1.54, 1.807) is 4.90 Å². The minimum Gasteiger partial charge on any atom is -0.480 e. The lowest BCUT2D eigenvalue weighted by molar-refractivity contribution is -0.139. The molecule has 0 aromatic heterocycles. The lowest BCUT2D eigenvalue weighted by atomic mass is 10.2. The lowest BCUT2D eigenvalue weighted by Crippen LogP contribution is -2.56. The number of rotatable bonds is 5. The maximum absolute atomic E-state index is 12.1. The van der Waals surface area contributed by atoms with Gasteiger partial charge in [-0.2, -0.15) is 0 Å². The Morgan fingerprint density at radius 2 is 2.21 bits per heavy atom. The summed E-state index contributed by atoms with van der Waals surface area (Å²) in [7, 11) is 1.49. The molecule has 2 N–H and O–H groups in total. The monoisotopic (exact) mass is 274 g/mol. The second kappa shape index (κ2) is 7.30. The molecule has 0 radical (unpaired) electrons. The van der Waals surface area contributed by atoms with Crippen LogP contribution >= 0.6 is 0 Å². The summed E-state index contributed by atoms with van der Waals surface area (Å²) in [5, 5.41) is 11.6. The molecule has 0 aromatic carbocycles. The summed E-state index contributed by atoms with van der Waals surface area (Å²) >= 11 is 0. The van der Waals surface area contributed by atoms with Crippen molar-refractivity contribution in [3.8, 4) is 0 Å². The number of carboxylic acid groups (broad SMARTS) is 1. The van der Waals surface area contributed by atoms with E-state index in [-0.39, 0.29) is 31.2 Å². The number of carbonyl (C=O) groups excluding carboxylic acids is 1. The van der Waals surface area contributed by atoms with Crippen molar-refractivity contribution in [1.82, 2.24) is 10.2 Å². The van der Waals surface area contributed by atoms with Gasteiger partial charge >= 0.3 is 12.0 Å². The fourth-order valence-electron chi connectivity index (χ4n) is 1.91. The molecule has 1 aliphatic heterocycles. The minimum absolute atomic E-state index is 0.0378. The zero-order valence-corrected chi connectivity index (χ0v) is 11.6. The van der Waals surface area contributed by atoms with Crippen molar-refractivity contribution in [2.75, 3.05) is 26.9 Å². The van der Waals surface area contributed by atoms with Gasteiger partial charge in [0.2, 0.25) is 0 Å². The van der Waals surface area contributed by atoms with Gasteiger partial charge in [-0.05, 0) is 13.8 Å². The first-order valence-electron chi connectivity index (χ1n) is 6.36. The van der Waals surface area contributed by atoms with Gasteiger partial charge in [-0.25, -0.2) is 9.59 Å². The van der Waals surface area contributed by atoms with Crippen LogP contribution in [-0.4, -0.2) is 67.1 Å². The van der Waals surface area contributed by atoms with Crippen LogP contribution in [0.5, 0.6) is 0 Å². The Bertz CT molecular complexity index is 323. The maximum atomic E-state index is 12.1. The van der Waals surface area contributed by atoms with Crippen LogP contribution in [0.2, 0.25) is 0 Å². The molecule has 1 fully saturated rings. The number of hydrogen-bond donors (Lipinski definition) is 2. The second-order valence-corrected chi connectivity index (χ2v) is 4.77. The number of carboxylic acids is 1. The highest BCUT2D eigenvalue weighted by atomic mass is 16.5. The zero-order chi connectivity index (χ0) is 14.4. The highest BCUT2D eigenvalue weighted by Crippen LogP contribution is 2.11. The smallest absolute Gasteiger partial charge is 0.326 e. The fraction of sp³-hybridized carbons (Fsp3) is 0.833. The quantitative estimate of drug-likeness (QED) is 0.752. The van der Waals surface area contributed by atoms with Gasteiger partial charge in [-0.1, -0.05) is 0 Å². The Labute approximate surface area is 112 Å². The minimum atomic E-state index is -1.06. The first-order valence-corrected chi connectivity index (χ1v) is 6.36. The Kier molecular flexibility index (Phi) is 6.04. The number of aliphatic carboxylic acids is 1. The lowest BCUT2D eigenvalue weighted by Gasteiger charge is -2.37. The van der Waals surface area contributed by atoms with E-state index in [0.717, 1.165) is 0 Å². The van der Waals surface area contributed by atoms with Crippen molar-refractivity contribution in [2.45, 2.75) is 38.5 Å². The summed E-state index contributed by atoms with van der Waals surface area (Å²) in [6.45, 7) is 4.96. The normalized spacial score (nSPS) is 24.9. The number of hydrogen-bond acceptors (Lipinski definition) is 4. The van der Waals surface area contributed by atoms with Crippen LogP contribution in [0.3, 0.4) is 0 Å². The van der Waals surface area contributed by atoms with E-state index in [2.05, 4.69) is 5.32 Å². The van der Waals surface area contributed by atoms with Gasteiger partial charge in [0.05, 0.1) is 18.8 Å². The molecule has 3 atom stereocenters. The highest BCUT2D eigenvalue weighted by molar-refractivity contribution is 5.82. The van der Waals surface area contributed by atoms with Crippen molar-refractivity contribution in [3.63, 3.8) is 0 Å². The van der Waals surface area contributed by atoms with Crippen LogP contribution in [0.15, 0.2) is 0 Å². The number of ether oxygens (including phenoxy) is 2. The summed E-state index contributed by atoms with van der Waals surface area (Å²) in [4.78, 5) is 24.8. The molecule has 19 heavy (non-hydrogen) atoms. The predicted molar refractivity (Wildman–Crippen MR) is 68.0 cm³/mol. The van der Waals surface area contributed by atoms with Crippen molar-refractivity contribution >= 4 is 12.0 Å². The zero-order valence-electron chi connectivity index (χ0n) is 11.6. The number of urea groups is 1. The largest absolute Gasteiger partial charge is 0.480 e. The Morgan fingerprint density at radius 3 is 2.79 bits per heavy atom. The molecule has 0 spiro atoms. The molecule has 110 valence electrons. The van der Waals surface area contributed by atoms with Crippen molar-refractivity contribution in [3.05, 3.63) is 0 Å². The number of nitrogens with zero attached hydrogens (tertiary/aromatic N) is 1. The summed E-state index contributed by atoms with van der Waals surface area (Å²) in [5.74, 6) is -1.06. The summed E-state index contributed by atoms with van der Waals surface area (Å²) in [6.07, 6.45) is 0.204. The van der Waals surface area contributed by atoms with E-state index in [9.17, 15) is 9.59 Å². The fourth-order valence-corrected chi connectivity index (χ4v) is 1.91. The molecule has 0 aromatic rings. The first kappa shape index (κ1) is 15.7. The van der Waals surface area contributed by atoms with Crippen molar-refractivity contribution in [2.24, 2.45) is 0 Å². The topological polar surface area (TPSA) is 88.1 Å². The molecule has 3 unspecified atom stereocenters. The average molecular weight is 274 g/mol. The van der Waals surface area contributed by atoms with E-state index in [4.69, 9.17) is 14.6 Å². The van der Waals surface area contributed by atoms with Gasteiger partial charge in [-0.15, -0.1) is 0 Å². The Morgan fingerprint density at radius 1 is 1.53 bits per heavy atom. The standard InChI is InChI=1S/C12H22N2O5/c1-8-7-19-9(2)6-14(8)12(17)13-10(11(15)16)4-5-18-3/h8-10H,4-7H2,1-3H3,(H,13,17)(H,15,16). The van der Waals surface area contributed by atoms with Crippen molar-refractivity contribution in [1.29, 1.82) is 0 Å². The number of nitrogens with one attached hydrogen (secondary N) is 1. The summed E-state index contributed by atoms with van der Waals surface area (Å²) in [5.41, 5.74) is 0. The molecule has 1 aliphatic rings. The third kappa shape index (κ3) is 4.68. The Balaban J connectivity index is 2.57. The van der Waals surface area contributed by atoms with Gasteiger partial charge in [0.25, 0.3) is 0 Å². The molecule has 1 saturated heterocycles. The third-order valence-corrected chi connectivity index (χ3v) is 3.08. The molecule has 1 rings (SSSR count). The Hall–Kier alpha value is -1.34. The second-order valence-electron chi connectivity index (χ2n) is 4.77. The van der Waals surface area contributed by atoms with Gasteiger partial charge < -0.3 is 24.8 Å². The van der Waals surface area contributed by atoms with Crippen LogP contribution in [0.1, 0.15) is 20.3 Å². The van der Waals surface area contributed by atoms with Crippen LogP contribution in [-0.2, 0) is 14.3 Å². The number of morpholine rings is 1. The van der Waals surface area contributed by atoms with Gasteiger partial charge in [-0.3, -0.25) is 0 Å². The van der Waals surface area contributed by atoms with E-state index >= 15 is 0 Å². The average Bonchev–Trinajstić information content (AvgIpc) is 2.36. The van der Waals surface area contributed by atoms with Crippen LogP contribution in [0, 0.1) is 0 Å². The van der Waals surface area contributed by atoms with E-state index in [1.165, 1.54) is 7.11 Å². The van der Waals surface area contributed by atoms with Crippen molar-refractivity contribution < 1.29 is 24.2 Å². The summed E-state index contributed by atoms with van der Waals surface area (Å²) < 4.78 is 10.3. The maximum Gasteiger partial charge on any atom is 0.326 e. The summed E-state index contributed by atoms with van der Waals surface area (Å²) in [6, 6.07) is -1.36. The number of amides is 2. The van der Waals surface area contributed by atoms with E-state index in [1.807, 2.05) is 13.8 Å². The molecular formula is C12H22N2O5.